The Kier molecular flexibility index (Phi) is 3.40. The van der Waals surface area contributed by atoms with Crippen molar-refractivity contribution in [2.45, 2.75) is 6.92 Å². The number of hydrogen-bond donors (Lipinski definition) is 2. The van der Waals surface area contributed by atoms with E-state index in [1.807, 2.05) is 13.0 Å². The van der Waals surface area contributed by atoms with Crippen molar-refractivity contribution in [3.63, 3.8) is 0 Å². The third-order valence-electron chi connectivity index (χ3n) is 3.45. The van der Waals surface area contributed by atoms with Gasteiger partial charge in [0.15, 0.2) is 5.78 Å². The molecule has 0 saturated carbocycles. The molecule has 21 heavy (non-hydrogen) atoms. The largest absolute Gasteiger partial charge is 0.399 e. The smallest absolute Gasteiger partial charge is 0.195 e. The van der Waals surface area contributed by atoms with Gasteiger partial charge >= 0.3 is 0 Å². The zero-order valence-corrected chi connectivity index (χ0v) is 12.7. The fourth-order valence-corrected chi connectivity index (χ4v) is 2.99. The average molecular weight is 319 g/mol. The van der Waals surface area contributed by atoms with Gasteiger partial charge in [0, 0.05) is 38.9 Å². The average Bonchev–Trinajstić information content (AvgIpc) is 2.84. The van der Waals surface area contributed by atoms with Crippen LogP contribution in [0.4, 0.5) is 5.69 Å². The van der Waals surface area contributed by atoms with Gasteiger partial charge in [-0.1, -0.05) is 29.3 Å². The Morgan fingerprint density at radius 1 is 1.14 bits per heavy atom. The zero-order chi connectivity index (χ0) is 15.1. The maximum atomic E-state index is 12.8. The number of ketones is 1. The summed E-state index contributed by atoms with van der Waals surface area (Å²) < 4.78 is 0. The van der Waals surface area contributed by atoms with Crippen LogP contribution in [0.5, 0.6) is 0 Å². The second-order valence-corrected chi connectivity index (χ2v) is 5.76. The summed E-state index contributed by atoms with van der Waals surface area (Å²) in [4.78, 5) is 15.8. The Morgan fingerprint density at radius 3 is 2.67 bits per heavy atom. The van der Waals surface area contributed by atoms with E-state index in [0.717, 1.165) is 11.1 Å². The molecule has 0 aliphatic rings. The standard InChI is InChI=1S/C16H12Cl2N2O/c1-8-2-3-10(19)6-11(8)16(21)12-7-20-14-5-9(17)4-13(18)15(12)14/h2-7,20H,19H2,1H3. The Hall–Kier alpha value is -1.97. The first-order chi connectivity index (χ1) is 9.97. The zero-order valence-electron chi connectivity index (χ0n) is 11.2. The second-order valence-electron chi connectivity index (χ2n) is 4.92. The van der Waals surface area contributed by atoms with Crippen molar-refractivity contribution in [2.24, 2.45) is 0 Å². The van der Waals surface area contributed by atoms with E-state index >= 15 is 0 Å². The lowest BCUT2D eigenvalue weighted by molar-refractivity contribution is 0.104. The highest BCUT2D eigenvalue weighted by Crippen LogP contribution is 2.32. The minimum atomic E-state index is -0.115. The van der Waals surface area contributed by atoms with Crippen LogP contribution < -0.4 is 5.73 Å². The number of fused-ring (bicyclic) bond motifs is 1. The minimum absolute atomic E-state index is 0.115. The van der Waals surface area contributed by atoms with E-state index in [0.29, 0.717) is 32.2 Å². The number of halogens is 2. The maximum Gasteiger partial charge on any atom is 0.195 e. The number of anilines is 1. The summed E-state index contributed by atoms with van der Waals surface area (Å²) in [6.45, 7) is 1.87. The van der Waals surface area contributed by atoms with E-state index in [2.05, 4.69) is 4.98 Å². The van der Waals surface area contributed by atoms with Crippen molar-refractivity contribution >= 4 is 45.6 Å². The first-order valence-corrected chi connectivity index (χ1v) is 7.10. The molecule has 0 spiro atoms. The molecule has 1 aromatic heterocycles. The summed E-state index contributed by atoms with van der Waals surface area (Å²) >= 11 is 12.2. The highest BCUT2D eigenvalue weighted by Gasteiger charge is 2.18. The number of hydrogen-bond acceptors (Lipinski definition) is 2. The molecule has 2 aromatic carbocycles. The Labute approximate surface area is 131 Å². The third kappa shape index (κ3) is 2.39. The molecule has 0 aliphatic carbocycles. The van der Waals surface area contributed by atoms with Crippen molar-refractivity contribution in [1.82, 2.24) is 4.98 Å². The monoisotopic (exact) mass is 318 g/mol. The quantitative estimate of drug-likeness (QED) is 0.536. The van der Waals surface area contributed by atoms with E-state index in [1.165, 1.54) is 0 Å². The van der Waals surface area contributed by atoms with Crippen LogP contribution in [0.3, 0.4) is 0 Å². The summed E-state index contributed by atoms with van der Waals surface area (Å²) in [5.41, 5.74) is 9.02. The Bertz CT molecular complexity index is 868. The van der Waals surface area contributed by atoms with Crippen LogP contribution in [0.25, 0.3) is 10.9 Å². The van der Waals surface area contributed by atoms with Crippen molar-refractivity contribution in [3.05, 3.63) is 63.3 Å². The van der Waals surface area contributed by atoms with Gasteiger partial charge in [-0.15, -0.1) is 0 Å². The summed E-state index contributed by atoms with van der Waals surface area (Å²) in [5.74, 6) is -0.115. The second kappa shape index (κ2) is 5.10. The molecule has 3 nitrogen and oxygen atoms in total. The predicted molar refractivity (Wildman–Crippen MR) is 87.3 cm³/mol. The van der Waals surface area contributed by atoms with Gasteiger partial charge in [0.2, 0.25) is 0 Å². The molecule has 0 saturated heterocycles. The topological polar surface area (TPSA) is 58.9 Å². The molecule has 0 unspecified atom stereocenters. The number of aryl methyl sites for hydroxylation is 1. The van der Waals surface area contributed by atoms with Crippen molar-refractivity contribution < 1.29 is 4.79 Å². The van der Waals surface area contributed by atoms with Gasteiger partial charge in [-0.25, -0.2) is 0 Å². The molecule has 1 heterocycles. The lowest BCUT2D eigenvalue weighted by Crippen LogP contribution is -2.04. The van der Waals surface area contributed by atoms with Gasteiger partial charge in [-0.05, 0) is 36.8 Å². The van der Waals surface area contributed by atoms with Crippen LogP contribution in [0.15, 0.2) is 36.5 Å². The molecule has 0 fully saturated rings. The van der Waals surface area contributed by atoms with E-state index < -0.39 is 0 Å². The van der Waals surface area contributed by atoms with Gasteiger partial charge in [0.1, 0.15) is 0 Å². The molecule has 0 aliphatic heterocycles. The first kappa shape index (κ1) is 14.0. The van der Waals surface area contributed by atoms with Gasteiger partial charge in [0.25, 0.3) is 0 Å². The molecule has 0 atom stereocenters. The van der Waals surface area contributed by atoms with Crippen LogP contribution in [0.2, 0.25) is 10.0 Å². The molecule has 0 amide bonds. The highest BCUT2D eigenvalue weighted by atomic mass is 35.5. The number of carbonyl (C=O) groups excluding carboxylic acids is 1. The normalized spacial score (nSPS) is 11.0. The maximum absolute atomic E-state index is 12.8. The lowest BCUT2D eigenvalue weighted by atomic mass is 9.98. The van der Waals surface area contributed by atoms with Gasteiger partial charge in [0.05, 0.1) is 5.02 Å². The van der Waals surface area contributed by atoms with Crippen LogP contribution in [0.1, 0.15) is 21.5 Å². The summed E-state index contributed by atoms with van der Waals surface area (Å²) in [7, 11) is 0. The van der Waals surface area contributed by atoms with Crippen molar-refractivity contribution in [3.8, 4) is 0 Å². The molecule has 5 heteroatoms. The molecule has 3 aromatic rings. The Balaban J connectivity index is 2.21. The van der Waals surface area contributed by atoms with Crippen LogP contribution in [-0.4, -0.2) is 10.8 Å². The van der Waals surface area contributed by atoms with Crippen molar-refractivity contribution in [1.29, 1.82) is 0 Å². The van der Waals surface area contributed by atoms with E-state index in [9.17, 15) is 4.79 Å². The van der Waals surface area contributed by atoms with Gasteiger partial charge in [-0.3, -0.25) is 4.79 Å². The first-order valence-electron chi connectivity index (χ1n) is 6.34. The molecular formula is C16H12Cl2N2O. The number of H-pyrrole nitrogens is 1. The Morgan fingerprint density at radius 2 is 1.90 bits per heavy atom. The van der Waals surface area contributed by atoms with Gasteiger partial charge in [-0.2, -0.15) is 0 Å². The molecular weight excluding hydrogens is 307 g/mol. The summed E-state index contributed by atoms with van der Waals surface area (Å²) in [6.07, 6.45) is 1.65. The number of aromatic amines is 1. The van der Waals surface area contributed by atoms with Crippen LogP contribution in [-0.2, 0) is 0 Å². The van der Waals surface area contributed by atoms with E-state index in [4.69, 9.17) is 28.9 Å². The van der Waals surface area contributed by atoms with E-state index in [1.54, 1.807) is 30.5 Å². The number of nitrogen functional groups attached to an aromatic ring is 1. The SMILES string of the molecule is Cc1ccc(N)cc1C(=O)c1c[nH]c2cc(Cl)cc(Cl)c12. The molecule has 0 bridgehead atoms. The number of rotatable bonds is 2. The van der Waals surface area contributed by atoms with E-state index in [-0.39, 0.29) is 5.78 Å². The number of nitrogens with two attached hydrogens (primary N) is 1. The number of nitrogens with one attached hydrogen (secondary N) is 1. The summed E-state index contributed by atoms with van der Waals surface area (Å²) in [5, 5.41) is 1.64. The summed E-state index contributed by atoms with van der Waals surface area (Å²) in [6, 6.07) is 8.65. The number of carbonyl (C=O) groups is 1. The lowest BCUT2D eigenvalue weighted by Gasteiger charge is -2.06. The molecule has 0 radical (unpaired) electrons. The minimum Gasteiger partial charge on any atom is -0.399 e. The number of benzene rings is 2. The van der Waals surface area contributed by atoms with Crippen molar-refractivity contribution in [2.75, 3.05) is 5.73 Å². The van der Waals surface area contributed by atoms with Crippen LogP contribution in [0, 0.1) is 6.92 Å². The molecule has 3 N–H and O–H groups in total. The van der Waals surface area contributed by atoms with Crippen LogP contribution >= 0.6 is 23.2 Å². The molecule has 3 rings (SSSR count). The number of aromatic nitrogens is 1. The van der Waals surface area contributed by atoms with Gasteiger partial charge < -0.3 is 10.7 Å². The highest BCUT2D eigenvalue weighted by molar-refractivity contribution is 6.40. The fourth-order valence-electron chi connectivity index (χ4n) is 2.39. The third-order valence-corrected chi connectivity index (χ3v) is 3.96. The molecule has 106 valence electrons. The fraction of sp³-hybridized carbons (Fsp3) is 0.0625. The predicted octanol–water partition coefficient (Wildman–Crippen LogP) is 4.60.